The van der Waals surface area contributed by atoms with E-state index in [0.717, 1.165) is 18.2 Å². The van der Waals surface area contributed by atoms with Crippen LogP contribution in [0.5, 0.6) is 0 Å². The summed E-state index contributed by atoms with van der Waals surface area (Å²) in [5.41, 5.74) is 0.0331. The molecule has 0 saturated carbocycles. The summed E-state index contributed by atoms with van der Waals surface area (Å²) in [5, 5.41) is 3.31. The second-order valence-corrected chi connectivity index (χ2v) is 7.08. The Kier molecular flexibility index (Phi) is 5.55. The highest BCUT2D eigenvalue weighted by Crippen LogP contribution is 2.30. The molecule has 2 unspecified atom stereocenters. The number of carbonyl (C=O) groups is 1. The zero-order valence-electron chi connectivity index (χ0n) is 15.3. The molecule has 1 aromatic heterocycles. The lowest BCUT2D eigenvalue weighted by Gasteiger charge is -2.27. The van der Waals surface area contributed by atoms with E-state index in [4.69, 9.17) is 0 Å². The first kappa shape index (κ1) is 19.4. The van der Waals surface area contributed by atoms with Gasteiger partial charge in [0.25, 0.3) is 0 Å². The lowest BCUT2D eigenvalue weighted by Crippen LogP contribution is -2.40. The topological polar surface area (TPSA) is 50.2 Å². The Hall–Kier alpha value is -2.35. The van der Waals surface area contributed by atoms with Crippen LogP contribution in [0.25, 0.3) is 0 Å². The zero-order chi connectivity index (χ0) is 19.6. The van der Waals surface area contributed by atoms with Crippen LogP contribution >= 0.6 is 0 Å². The fourth-order valence-electron chi connectivity index (χ4n) is 3.35. The van der Waals surface area contributed by atoms with Crippen molar-refractivity contribution in [2.75, 3.05) is 20.6 Å². The van der Waals surface area contributed by atoms with Gasteiger partial charge in [-0.1, -0.05) is 30.3 Å². The van der Waals surface area contributed by atoms with Crippen molar-refractivity contribution in [1.82, 2.24) is 19.8 Å². The van der Waals surface area contributed by atoms with Gasteiger partial charge in [-0.25, -0.2) is 4.98 Å². The molecule has 1 aliphatic rings. The molecule has 1 aromatic carbocycles. The predicted molar refractivity (Wildman–Crippen MR) is 94.9 cm³/mol. The summed E-state index contributed by atoms with van der Waals surface area (Å²) in [4.78, 5) is 17.8. The Bertz CT molecular complexity index is 786. The first-order valence-corrected chi connectivity index (χ1v) is 8.88. The van der Waals surface area contributed by atoms with Crippen molar-refractivity contribution >= 4 is 5.91 Å². The molecule has 5 nitrogen and oxygen atoms in total. The van der Waals surface area contributed by atoms with E-state index in [0.29, 0.717) is 25.3 Å². The van der Waals surface area contributed by atoms with Crippen molar-refractivity contribution in [3.8, 4) is 0 Å². The minimum atomic E-state index is -4.42. The quantitative estimate of drug-likeness (QED) is 0.868. The Morgan fingerprint density at radius 1 is 1.33 bits per heavy atom. The van der Waals surface area contributed by atoms with Crippen molar-refractivity contribution in [2.45, 2.75) is 31.6 Å². The largest absolute Gasteiger partial charge is 0.434 e. The molecule has 1 amide bonds. The van der Waals surface area contributed by atoms with Gasteiger partial charge in [-0.15, -0.1) is 0 Å². The molecule has 2 heterocycles. The number of likely N-dealkylation sites (N-methyl/N-ethyl adjacent to an activating group) is 1. The highest BCUT2D eigenvalue weighted by molar-refractivity contribution is 5.82. The number of alkyl halides is 3. The average molecular weight is 380 g/mol. The van der Waals surface area contributed by atoms with E-state index in [9.17, 15) is 18.0 Å². The SMILES string of the molecule is CN(C)C(=O)C(NCC1CCc2nc(C(F)(F)F)cn2C1)c1ccccc1. The third-order valence-corrected chi connectivity index (χ3v) is 4.81. The van der Waals surface area contributed by atoms with Crippen molar-refractivity contribution < 1.29 is 18.0 Å². The number of aromatic nitrogens is 2. The van der Waals surface area contributed by atoms with Crippen LogP contribution in [0.2, 0.25) is 0 Å². The number of nitrogens with zero attached hydrogens (tertiary/aromatic N) is 3. The van der Waals surface area contributed by atoms with E-state index in [2.05, 4.69) is 10.3 Å². The van der Waals surface area contributed by atoms with Gasteiger partial charge in [0.05, 0.1) is 0 Å². The molecule has 2 aromatic rings. The van der Waals surface area contributed by atoms with E-state index < -0.39 is 17.9 Å². The van der Waals surface area contributed by atoms with Gasteiger partial charge < -0.3 is 14.8 Å². The van der Waals surface area contributed by atoms with Crippen molar-refractivity contribution in [1.29, 1.82) is 0 Å². The van der Waals surface area contributed by atoms with Crippen LogP contribution in [0.15, 0.2) is 36.5 Å². The lowest BCUT2D eigenvalue weighted by molar-refractivity contribution is -0.141. The number of halogens is 3. The molecule has 0 bridgehead atoms. The molecule has 0 saturated heterocycles. The van der Waals surface area contributed by atoms with Crippen molar-refractivity contribution in [3.05, 3.63) is 53.6 Å². The molecule has 27 heavy (non-hydrogen) atoms. The van der Waals surface area contributed by atoms with Crippen LogP contribution in [0.1, 0.15) is 29.5 Å². The maximum atomic E-state index is 12.8. The highest BCUT2D eigenvalue weighted by atomic mass is 19.4. The van der Waals surface area contributed by atoms with Crippen LogP contribution in [0.3, 0.4) is 0 Å². The minimum Gasteiger partial charge on any atom is -0.347 e. The number of aryl methyl sites for hydroxylation is 1. The van der Waals surface area contributed by atoms with Crippen molar-refractivity contribution in [3.63, 3.8) is 0 Å². The highest BCUT2D eigenvalue weighted by Gasteiger charge is 2.36. The average Bonchev–Trinajstić information content (AvgIpc) is 3.06. The number of imidazole rings is 1. The van der Waals surface area contributed by atoms with Crippen LogP contribution in [0, 0.1) is 5.92 Å². The maximum absolute atomic E-state index is 12.8. The van der Waals surface area contributed by atoms with E-state index in [1.807, 2.05) is 30.3 Å². The Labute approximate surface area is 156 Å². The smallest absolute Gasteiger partial charge is 0.347 e. The monoisotopic (exact) mass is 380 g/mol. The van der Waals surface area contributed by atoms with E-state index >= 15 is 0 Å². The summed E-state index contributed by atoms with van der Waals surface area (Å²) in [6.07, 6.45) is -2.10. The lowest BCUT2D eigenvalue weighted by atomic mass is 9.98. The second-order valence-electron chi connectivity index (χ2n) is 7.08. The second kappa shape index (κ2) is 7.72. The molecule has 0 aliphatic carbocycles. The molecular formula is C19H23F3N4O. The molecule has 0 spiro atoms. The standard InChI is InChI=1S/C19H23F3N4O/c1-25(2)18(27)17(14-6-4-3-5-7-14)23-10-13-8-9-16-24-15(19(20,21)22)12-26(16)11-13/h3-7,12-13,17,23H,8-11H2,1-2H3. The molecule has 0 radical (unpaired) electrons. The summed E-state index contributed by atoms with van der Waals surface area (Å²) in [6, 6.07) is 8.96. The molecule has 146 valence electrons. The van der Waals surface area contributed by atoms with Gasteiger partial charge in [-0.2, -0.15) is 13.2 Å². The van der Waals surface area contributed by atoms with Crippen molar-refractivity contribution in [2.24, 2.45) is 5.92 Å². The number of nitrogens with one attached hydrogen (secondary N) is 1. The molecule has 8 heteroatoms. The molecular weight excluding hydrogens is 357 g/mol. The Morgan fingerprint density at radius 2 is 2.04 bits per heavy atom. The van der Waals surface area contributed by atoms with Gasteiger partial charge >= 0.3 is 6.18 Å². The van der Waals surface area contributed by atoms with Crippen LogP contribution in [0.4, 0.5) is 13.2 Å². The maximum Gasteiger partial charge on any atom is 0.434 e. The predicted octanol–water partition coefficient (Wildman–Crippen LogP) is 2.88. The Morgan fingerprint density at radius 3 is 2.67 bits per heavy atom. The first-order valence-electron chi connectivity index (χ1n) is 8.88. The molecule has 1 N–H and O–H groups in total. The Balaban J connectivity index is 1.68. The van der Waals surface area contributed by atoms with E-state index in [1.165, 1.54) is 4.90 Å². The third-order valence-electron chi connectivity index (χ3n) is 4.81. The fraction of sp³-hybridized carbons (Fsp3) is 0.474. The normalized spacial score (nSPS) is 18.0. The van der Waals surface area contributed by atoms with Gasteiger partial charge in [0.1, 0.15) is 11.9 Å². The van der Waals surface area contributed by atoms with Gasteiger partial charge in [-0.05, 0) is 17.9 Å². The van der Waals surface area contributed by atoms with Gasteiger partial charge in [-0.3, -0.25) is 4.79 Å². The molecule has 2 atom stereocenters. The summed E-state index contributed by atoms with van der Waals surface area (Å²) >= 11 is 0. The number of rotatable bonds is 5. The van der Waals surface area contributed by atoms with Gasteiger partial charge in [0.15, 0.2) is 5.69 Å². The first-order chi connectivity index (χ1) is 12.8. The molecule has 3 rings (SSSR count). The van der Waals surface area contributed by atoms with Gasteiger partial charge in [0.2, 0.25) is 5.91 Å². The third kappa shape index (κ3) is 4.50. The summed E-state index contributed by atoms with van der Waals surface area (Å²) in [5.74, 6) is 0.552. The number of fused-ring (bicyclic) bond motifs is 1. The number of carbonyl (C=O) groups excluding carboxylic acids is 1. The van der Waals surface area contributed by atoms with E-state index in [1.54, 1.807) is 18.7 Å². The van der Waals surface area contributed by atoms with Crippen LogP contribution < -0.4 is 5.32 Å². The van der Waals surface area contributed by atoms with Gasteiger partial charge in [0, 0.05) is 39.8 Å². The number of benzene rings is 1. The zero-order valence-corrected chi connectivity index (χ0v) is 15.3. The molecule has 1 aliphatic heterocycles. The summed E-state index contributed by atoms with van der Waals surface area (Å²) in [6.45, 7) is 1.00. The summed E-state index contributed by atoms with van der Waals surface area (Å²) < 4.78 is 40.1. The summed E-state index contributed by atoms with van der Waals surface area (Å²) in [7, 11) is 3.41. The minimum absolute atomic E-state index is 0.0558. The number of hydrogen-bond donors (Lipinski definition) is 1. The number of hydrogen-bond acceptors (Lipinski definition) is 3. The van der Waals surface area contributed by atoms with E-state index in [-0.39, 0.29) is 11.8 Å². The van der Waals surface area contributed by atoms with Crippen LogP contribution in [-0.2, 0) is 23.9 Å². The number of amides is 1. The van der Waals surface area contributed by atoms with Crippen LogP contribution in [-0.4, -0.2) is 41.0 Å². The fourth-order valence-corrected chi connectivity index (χ4v) is 3.35. The molecule has 0 fully saturated rings.